The van der Waals surface area contributed by atoms with E-state index in [4.69, 9.17) is 0 Å². The predicted molar refractivity (Wildman–Crippen MR) is 80.1 cm³/mol. The average molecular weight is 310 g/mol. The molecular weight excluding hydrogens is 288 g/mol. The van der Waals surface area contributed by atoms with Gasteiger partial charge in [0.1, 0.15) is 5.82 Å². The zero-order valence-electron chi connectivity index (χ0n) is 12.5. The maximum Gasteiger partial charge on any atom is 0.208 e. The molecule has 2 fully saturated rings. The lowest BCUT2D eigenvalue weighted by Gasteiger charge is -2.45. The van der Waals surface area contributed by atoms with Gasteiger partial charge in [0.2, 0.25) is 10.0 Å². The molecule has 1 saturated heterocycles. The fraction of sp³-hybridized carbons (Fsp3) is 0.714. The van der Waals surface area contributed by atoms with Gasteiger partial charge in [-0.3, -0.25) is 4.90 Å². The van der Waals surface area contributed by atoms with Gasteiger partial charge in [0.15, 0.2) is 0 Å². The van der Waals surface area contributed by atoms with Crippen LogP contribution in [-0.2, 0) is 16.6 Å². The molecule has 0 atom stereocenters. The standard InChI is InChI=1S/C14H22N4O2S/c1-11-15-7-12(8-16-11)9-18-4-3-14(10-18)5-13(6-14)17-21(2,19)20/h7-8,13,17H,3-6,9-10H2,1-2H3. The molecule has 3 rings (SSSR count). The molecule has 1 aromatic rings. The van der Waals surface area contributed by atoms with E-state index in [1.807, 2.05) is 19.3 Å². The first-order chi connectivity index (χ1) is 9.84. The van der Waals surface area contributed by atoms with Crippen molar-refractivity contribution < 1.29 is 8.42 Å². The number of nitrogens with zero attached hydrogens (tertiary/aromatic N) is 3. The Kier molecular flexibility index (Phi) is 3.75. The summed E-state index contributed by atoms with van der Waals surface area (Å²) in [5, 5.41) is 0. The third-order valence-corrected chi connectivity index (χ3v) is 5.26. The number of nitrogens with one attached hydrogen (secondary N) is 1. The van der Waals surface area contributed by atoms with E-state index in [0.29, 0.717) is 5.41 Å². The third kappa shape index (κ3) is 3.59. The van der Waals surface area contributed by atoms with Crippen LogP contribution in [0.5, 0.6) is 0 Å². The van der Waals surface area contributed by atoms with E-state index < -0.39 is 10.0 Å². The molecule has 2 aliphatic rings. The Morgan fingerprint density at radius 3 is 2.67 bits per heavy atom. The van der Waals surface area contributed by atoms with Gasteiger partial charge in [-0.05, 0) is 38.1 Å². The summed E-state index contributed by atoms with van der Waals surface area (Å²) in [7, 11) is -3.08. The Morgan fingerprint density at radius 2 is 2.05 bits per heavy atom. The first kappa shape index (κ1) is 14.9. The topological polar surface area (TPSA) is 75.2 Å². The van der Waals surface area contributed by atoms with Gasteiger partial charge in [0, 0.05) is 37.1 Å². The zero-order valence-corrected chi connectivity index (χ0v) is 13.4. The monoisotopic (exact) mass is 310 g/mol. The fourth-order valence-electron chi connectivity index (χ4n) is 3.63. The molecule has 0 bridgehead atoms. The van der Waals surface area contributed by atoms with Crippen LogP contribution in [0.15, 0.2) is 12.4 Å². The fourth-order valence-corrected chi connectivity index (χ4v) is 4.40. The van der Waals surface area contributed by atoms with Crippen LogP contribution in [-0.4, -0.2) is 48.7 Å². The maximum atomic E-state index is 11.2. The second kappa shape index (κ2) is 5.30. The van der Waals surface area contributed by atoms with E-state index >= 15 is 0 Å². The molecule has 21 heavy (non-hydrogen) atoms. The van der Waals surface area contributed by atoms with Gasteiger partial charge in [-0.1, -0.05) is 0 Å². The highest BCUT2D eigenvalue weighted by Gasteiger charge is 2.48. The molecule has 1 aliphatic heterocycles. The molecule has 6 nitrogen and oxygen atoms in total. The summed E-state index contributed by atoms with van der Waals surface area (Å²) in [5.41, 5.74) is 1.45. The van der Waals surface area contributed by atoms with Gasteiger partial charge >= 0.3 is 0 Å². The first-order valence-corrected chi connectivity index (χ1v) is 9.20. The van der Waals surface area contributed by atoms with E-state index in [9.17, 15) is 8.42 Å². The van der Waals surface area contributed by atoms with Gasteiger partial charge in [-0.15, -0.1) is 0 Å². The molecule has 1 saturated carbocycles. The van der Waals surface area contributed by atoms with Crippen molar-refractivity contribution in [1.82, 2.24) is 19.6 Å². The van der Waals surface area contributed by atoms with Crippen LogP contribution >= 0.6 is 0 Å². The highest BCUT2D eigenvalue weighted by Crippen LogP contribution is 2.48. The molecular formula is C14H22N4O2S. The highest BCUT2D eigenvalue weighted by molar-refractivity contribution is 7.88. The van der Waals surface area contributed by atoms with Gasteiger partial charge in [0.25, 0.3) is 0 Å². The van der Waals surface area contributed by atoms with Crippen molar-refractivity contribution >= 4 is 10.0 Å². The smallest absolute Gasteiger partial charge is 0.208 e. The van der Waals surface area contributed by atoms with E-state index in [-0.39, 0.29) is 6.04 Å². The van der Waals surface area contributed by atoms with E-state index in [1.165, 1.54) is 6.26 Å². The predicted octanol–water partition coefficient (Wildman–Crippen LogP) is 0.689. The van der Waals surface area contributed by atoms with Gasteiger partial charge in [-0.25, -0.2) is 23.1 Å². The number of aryl methyl sites for hydroxylation is 1. The van der Waals surface area contributed by atoms with Crippen LogP contribution in [0.4, 0.5) is 0 Å². The molecule has 1 N–H and O–H groups in total. The van der Waals surface area contributed by atoms with Gasteiger partial charge in [-0.2, -0.15) is 0 Å². The third-order valence-electron chi connectivity index (χ3n) is 4.50. The zero-order chi connectivity index (χ0) is 15.1. The van der Waals surface area contributed by atoms with Crippen molar-refractivity contribution in [2.45, 2.75) is 38.8 Å². The summed E-state index contributed by atoms with van der Waals surface area (Å²) in [6, 6.07) is 0.127. The maximum absolute atomic E-state index is 11.2. The minimum absolute atomic E-state index is 0.127. The summed E-state index contributed by atoms with van der Waals surface area (Å²) in [6.45, 7) is 4.88. The molecule has 116 valence electrons. The van der Waals surface area contributed by atoms with Crippen LogP contribution in [0, 0.1) is 12.3 Å². The normalized spacial score (nSPS) is 29.7. The minimum atomic E-state index is -3.08. The van der Waals surface area contributed by atoms with Crippen LogP contribution < -0.4 is 4.72 Å². The Hall–Kier alpha value is -1.05. The van der Waals surface area contributed by atoms with E-state index in [1.54, 1.807) is 0 Å². The van der Waals surface area contributed by atoms with Crippen LogP contribution in [0.1, 0.15) is 30.7 Å². The molecule has 7 heteroatoms. The van der Waals surface area contributed by atoms with Crippen molar-refractivity contribution in [2.75, 3.05) is 19.3 Å². The summed E-state index contributed by atoms with van der Waals surface area (Å²) < 4.78 is 25.2. The molecule has 0 radical (unpaired) electrons. The number of likely N-dealkylation sites (tertiary alicyclic amines) is 1. The van der Waals surface area contributed by atoms with Crippen LogP contribution in [0.25, 0.3) is 0 Å². The van der Waals surface area contributed by atoms with Crippen molar-refractivity contribution in [1.29, 1.82) is 0 Å². The first-order valence-electron chi connectivity index (χ1n) is 7.31. The van der Waals surface area contributed by atoms with E-state index in [2.05, 4.69) is 19.6 Å². The Bertz CT molecular complexity index is 608. The van der Waals surface area contributed by atoms with Crippen molar-refractivity contribution in [3.05, 3.63) is 23.8 Å². The number of sulfonamides is 1. The summed E-state index contributed by atoms with van der Waals surface area (Å²) in [4.78, 5) is 10.9. The second-order valence-electron chi connectivity index (χ2n) is 6.59. The highest BCUT2D eigenvalue weighted by atomic mass is 32.2. The molecule has 0 aromatic carbocycles. The molecule has 1 spiro atoms. The van der Waals surface area contributed by atoms with Crippen LogP contribution in [0.2, 0.25) is 0 Å². The van der Waals surface area contributed by atoms with Gasteiger partial charge < -0.3 is 0 Å². The molecule has 0 unspecified atom stereocenters. The summed E-state index contributed by atoms with van der Waals surface area (Å²) in [6.07, 6.45) is 8.09. The van der Waals surface area contributed by atoms with E-state index in [0.717, 1.165) is 50.3 Å². The summed E-state index contributed by atoms with van der Waals surface area (Å²) >= 11 is 0. The van der Waals surface area contributed by atoms with Crippen molar-refractivity contribution in [2.24, 2.45) is 5.41 Å². The Labute approximate surface area is 126 Å². The largest absolute Gasteiger partial charge is 0.298 e. The Morgan fingerprint density at radius 1 is 1.38 bits per heavy atom. The van der Waals surface area contributed by atoms with Crippen molar-refractivity contribution in [3.8, 4) is 0 Å². The number of hydrogen-bond donors (Lipinski definition) is 1. The molecule has 1 aromatic heterocycles. The quantitative estimate of drug-likeness (QED) is 0.885. The number of rotatable bonds is 4. The van der Waals surface area contributed by atoms with Crippen LogP contribution in [0.3, 0.4) is 0 Å². The average Bonchev–Trinajstić information content (AvgIpc) is 2.74. The Balaban J connectivity index is 1.51. The second-order valence-corrected chi connectivity index (χ2v) is 8.37. The number of hydrogen-bond acceptors (Lipinski definition) is 5. The molecule has 0 amide bonds. The number of aromatic nitrogens is 2. The lowest BCUT2D eigenvalue weighted by molar-refractivity contribution is 0.101. The summed E-state index contributed by atoms with van der Waals surface area (Å²) in [5.74, 6) is 0.797. The minimum Gasteiger partial charge on any atom is -0.298 e. The van der Waals surface area contributed by atoms with Crippen molar-refractivity contribution in [3.63, 3.8) is 0 Å². The lowest BCUT2D eigenvalue weighted by Crippen LogP contribution is -2.51. The molecule has 2 heterocycles. The van der Waals surface area contributed by atoms with Gasteiger partial charge in [0.05, 0.1) is 6.26 Å². The lowest BCUT2D eigenvalue weighted by atomic mass is 9.65. The SMILES string of the molecule is Cc1ncc(CN2CCC3(CC(NS(C)(=O)=O)C3)C2)cn1. The molecule has 1 aliphatic carbocycles.